The topological polar surface area (TPSA) is 74.8 Å². The van der Waals surface area contributed by atoms with Crippen molar-refractivity contribution in [3.8, 4) is 0 Å². The van der Waals surface area contributed by atoms with E-state index in [2.05, 4.69) is 13.8 Å². The van der Waals surface area contributed by atoms with Crippen molar-refractivity contribution < 1.29 is 19.2 Å². The molecular formula is C19H26N2O4. The molecule has 6 unspecified atom stereocenters. The Morgan fingerprint density at radius 1 is 0.640 bits per heavy atom. The third-order valence-electron chi connectivity index (χ3n) is 6.91. The second kappa shape index (κ2) is 5.64. The van der Waals surface area contributed by atoms with Crippen LogP contribution in [0.1, 0.15) is 46.0 Å². The summed E-state index contributed by atoms with van der Waals surface area (Å²) < 4.78 is 0. The van der Waals surface area contributed by atoms with Crippen molar-refractivity contribution in [1.82, 2.24) is 9.80 Å². The summed E-state index contributed by atoms with van der Waals surface area (Å²) in [6.07, 6.45) is 3.58. The molecule has 2 saturated heterocycles. The lowest BCUT2D eigenvalue weighted by Gasteiger charge is -2.36. The van der Waals surface area contributed by atoms with Crippen LogP contribution in [0.15, 0.2) is 0 Å². The van der Waals surface area contributed by atoms with Crippen LogP contribution in [0, 0.1) is 35.5 Å². The quantitative estimate of drug-likeness (QED) is 0.673. The highest BCUT2D eigenvalue weighted by Gasteiger charge is 2.59. The maximum absolute atomic E-state index is 13.0. The summed E-state index contributed by atoms with van der Waals surface area (Å²) >= 11 is 0. The summed E-state index contributed by atoms with van der Waals surface area (Å²) in [5.74, 6) is -1.22. The van der Waals surface area contributed by atoms with Gasteiger partial charge >= 0.3 is 0 Å². The van der Waals surface area contributed by atoms with Crippen LogP contribution in [0.3, 0.4) is 0 Å². The van der Waals surface area contributed by atoms with Gasteiger partial charge in [0.05, 0.1) is 23.7 Å². The molecule has 0 aromatic carbocycles. The number of hydrogen-bond donors (Lipinski definition) is 0. The van der Waals surface area contributed by atoms with Gasteiger partial charge in [0, 0.05) is 13.1 Å². The van der Waals surface area contributed by atoms with Gasteiger partial charge in [0.25, 0.3) is 0 Å². The van der Waals surface area contributed by atoms with E-state index >= 15 is 0 Å². The Labute approximate surface area is 147 Å². The van der Waals surface area contributed by atoms with Crippen molar-refractivity contribution in [2.24, 2.45) is 35.5 Å². The molecule has 6 nitrogen and oxygen atoms in total. The monoisotopic (exact) mass is 346 g/mol. The first-order valence-electron chi connectivity index (χ1n) is 9.47. The van der Waals surface area contributed by atoms with Gasteiger partial charge in [-0.2, -0.15) is 0 Å². The smallest absolute Gasteiger partial charge is 0.233 e. The van der Waals surface area contributed by atoms with Crippen molar-refractivity contribution in [2.45, 2.75) is 52.0 Å². The number of imide groups is 2. The fraction of sp³-hybridized carbons (Fsp3) is 0.789. The zero-order valence-electron chi connectivity index (χ0n) is 15.1. The van der Waals surface area contributed by atoms with Crippen LogP contribution in [-0.2, 0) is 19.2 Å². The molecule has 25 heavy (non-hydrogen) atoms. The van der Waals surface area contributed by atoms with E-state index in [4.69, 9.17) is 0 Å². The normalized spacial score (nSPS) is 44.4. The van der Waals surface area contributed by atoms with Gasteiger partial charge in [0.15, 0.2) is 0 Å². The average molecular weight is 346 g/mol. The molecule has 136 valence electrons. The van der Waals surface area contributed by atoms with Crippen LogP contribution in [-0.4, -0.2) is 46.5 Å². The van der Waals surface area contributed by atoms with E-state index < -0.39 is 23.7 Å². The van der Waals surface area contributed by atoms with E-state index in [0.29, 0.717) is 24.7 Å². The Bertz CT molecular complexity index is 608. The lowest BCUT2D eigenvalue weighted by atomic mass is 9.70. The maximum Gasteiger partial charge on any atom is 0.233 e. The molecule has 4 amide bonds. The Hall–Kier alpha value is -1.72. The molecule has 4 rings (SSSR count). The van der Waals surface area contributed by atoms with Crippen LogP contribution in [0.25, 0.3) is 0 Å². The minimum absolute atomic E-state index is 0.0155. The number of nitrogens with zero attached hydrogens (tertiary/aromatic N) is 2. The molecule has 4 aliphatic rings. The Morgan fingerprint density at radius 3 is 1.48 bits per heavy atom. The highest BCUT2D eigenvalue weighted by atomic mass is 16.2. The zero-order chi connectivity index (χ0) is 18.0. The molecule has 6 heteroatoms. The molecule has 0 N–H and O–H groups in total. The highest BCUT2D eigenvalue weighted by Crippen LogP contribution is 2.48. The Kier molecular flexibility index (Phi) is 3.78. The van der Waals surface area contributed by atoms with E-state index in [-0.39, 0.29) is 29.7 Å². The number of amides is 4. The van der Waals surface area contributed by atoms with Crippen molar-refractivity contribution >= 4 is 23.6 Å². The molecule has 0 spiro atoms. The van der Waals surface area contributed by atoms with Crippen LogP contribution < -0.4 is 0 Å². The summed E-state index contributed by atoms with van der Waals surface area (Å²) in [5.41, 5.74) is 0. The maximum atomic E-state index is 13.0. The SMILES string of the molecule is CC1CC(C)CC(N2C(=O)C3CC4C(=O)N(C)C(=O)C4CC3C2=O)C1. The van der Waals surface area contributed by atoms with Crippen LogP contribution >= 0.6 is 0 Å². The molecule has 4 fully saturated rings. The minimum Gasteiger partial charge on any atom is -0.285 e. The number of carbonyl (C=O) groups excluding carboxylic acids is 4. The fourth-order valence-corrected chi connectivity index (χ4v) is 5.84. The third kappa shape index (κ3) is 2.36. The van der Waals surface area contributed by atoms with Gasteiger partial charge in [-0.3, -0.25) is 29.0 Å². The number of hydrogen-bond acceptors (Lipinski definition) is 4. The van der Waals surface area contributed by atoms with Crippen LogP contribution in [0.5, 0.6) is 0 Å². The summed E-state index contributed by atoms with van der Waals surface area (Å²) in [6.45, 7) is 4.36. The first-order valence-corrected chi connectivity index (χ1v) is 9.47. The molecule has 2 heterocycles. The lowest BCUT2D eigenvalue weighted by molar-refractivity contribution is -0.144. The molecule has 2 saturated carbocycles. The number of fused-ring (bicyclic) bond motifs is 2. The van der Waals surface area contributed by atoms with Crippen molar-refractivity contribution in [1.29, 1.82) is 0 Å². The second-order valence-corrected chi connectivity index (χ2v) is 8.75. The summed E-state index contributed by atoms with van der Waals surface area (Å²) in [6, 6.07) is -0.0155. The first-order chi connectivity index (χ1) is 11.8. The first kappa shape index (κ1) is 16.7. The standard InChI is InChI=1S/C19H26N2O4/c1-9-4-10(2)6-11(5-9)21-18(24)14-7-12-13(8-15(14)19(21)25)17(23)20(3)16(12)22/h9-15H,4-8H2,1-3H3. The largest absolute Gasteiger partial charge is 0.285 e. The minimum atomic E-state index is -0.417. The van der Waals surface area contributed by atoms with Gasteiger partial charge in [-0.1, -0.05) is 13.8 Å². The zero-order valence-corrected chi connectivity index (χ0v) is 15.1. The summed E-state index contributed by atoms with van der Waals surface area (Å²) in [5, 5.41) is 0. The third-order valence-corrected chi connectivity index (χ3v) is 6.91. The summed E-state index contributed by atoms with van der Waals surface area (Å²) in [7, 11) is 1.50. The molecule has 6 atom stereocenters. The van der Waals surface area contributed by atoms with E-state index in [9.17, 15) is 19.2 Å². The number of likely N-dealkylation sites (tertiary alicyclic amines) is 2. The van der Waals surface area contributed by atoms with Crippen molar-refractivity contribution in [3.63, 3.8) is 0 Å². The van der Waals surface area contributed by atoms with Gasteiger partial charge in [0.1, 0.15) is 0 Å². The molecule has 0 bridgehead atoms. The molecule has 0 aromatic heterocycles. The van der Waals surface area contributed by atoms with Crippen molar-refractivity contribution in [2.75, 3.05) is 7.05 Å². The number of carbonyl (C=O) groups is 4. The highest BCUT2D eigenvalue weighted by molar-refractivity contribution is 6.09. The molecular weight excluding hydrogens is 320 g/mol. The van der Waals surface area contributed by atoms with Crippen molar-refractivity contribution in [3.05, 3.63) is 0 Å². The Balaban J connectivity index is 1.58. The second-order valence-electron chi connectivity index (χ2n) is 8.75. The fourth-order valence-electron chi connectivity index (χ4n) is 5.84. The molecule has 0 radical (unpaired) electrons. The molecule has 2 aliphatic carbocycles. The van der Waals surface area contributed by atoms with Gasteiger partial charge in [0.2, 0.25) is 23.6 Å². The van der Waals surface area contributed by atoms with E-state index in [1.165, 1.54) is 16.8 Å². The van der Waals surface area contributed by atoms with Gasteiger partial charge in [-0.15, -0.1) is 0 Å². The molecule has 0 aromatic rings. The predicted octanol–water partition coefficient (Wildman–Crippen LogP) is 1.44. The van der Waals surface area contributed by atoms with E-state index in [0.717, 1.165) is 19.3 Å². The molecule has 2 aliphatic heterocycles. The van der Waals surface area contributed by atoms with E-state index in [1.54, 1.807) is 0 Å². The van der Waals surface area contributed by atoms with Gasteiger partial charge in [-0.25, -0.2) is 0 Å². The van der Waals surface area contributed by atoms with E-state index in [1.807, 2.05) is 0 Å². The number of rotatable bonds is 1. The van der Waals surface area contributed by atoms with Gasteiger partial charge in [-0.05, 0) is 43.9 Å². The van der Waals surface area contributed by atoms with Crippen LogP contribution in [0.2, 0.25) is 0 Å². The predicted molar refractivity (Wildman–Crippen MR) is 88.8 cm³/mol. The lowest BCUT2D eigenvalue weighted by Crippen LogP contribution is -2.44. The summed E-state index contributed by atoms with van der Waals surface area (Å²) in [4.78, 5) is 53.3. The van der Waals surface area contributed by atoms with Crippen LogP contribution in [0.4, 0.5) is 0 Å². The Morgan fingerprint density at radius 2 is 1.04 bits per heavy atom. The van der Waals surface area contributed by atoms with Gasteiger partial charge < -0.3 is 0 Å². The average Bonchev–Trinajstić information content (AvgIpc) is 2.92.